The molecule has 0 aromatic carbocycles. The molecule has 0 aliphatic rings. The topological polar surface area (TPSA) is 29.9 Å². The zero-order valence-electron chi connectivity index (χ0n) is 12.2. The third-order valence-electron chi connectivity index (χ3n) is 2.97. The molecule has 19 heavy (non-hydrogen) atoms. The maximum Gasteiger partial charge on any atom is 0.122 e. The van der Waals surface area contributed by atoms with Crippen LogP contribution in [0.5, 0.6) is 0 Å². The van der Waals surface area contributed by atoms with Crippen LogP contribution in [0.2, 0.25) is 0 Å². The van der Waals surface area contributed by atoms with Gasteiger partial charge in [0.25, 0.3) is 0 Å². The molecule has 0 atom stereocenters. The van der Waals surface area contributed by atoms with Crippen molar-refractivity contribution < 1.29 is 0 Å². The average molecular weight is 277 g/mol. The molecule has 3 nitrogen and oxygen atoms in total. The fourth-order valence-corrected chi connectivity index (χ4v) is 2.82. The second-order valence-corrected chi connectivity index (χ2v) is 7.05. The SMILES string of the molecule is CCc1ccc(Cn2ccnc2CNC(C)(C)C)s1. The molecule has 0 saturated heterocycles. The average Bonchev–Trinajstić information content (AvgIpc) is 2.95. The van der Waals surface area contributed by atoms with Gasteiger partial charge >= 0.3 is 0 Å². The minimum atomic E-state index is 0.120. The summed E-state index contributed by atoms with van der Waals surface area (Å²) in [6.45, 7) is 10.5. The van der Waals surface area contributed by atoms with E-state index in [0.717, 1.165) is 25.3 Å². The predicted molar refractivity (Wildman–Crippen MR) is 81.6 cm³/mol. The van der Waals surface area contributed by atoms with Crippen molar-refractivity contribution in [1.82, 2.24) is 14.9 Å². The molecule has 2 heterocycles. The first-order chi connectivity index (χ1) is 8.98. The third kappa shape index (κ3) is 4.18. The number of hydrogen-bond donors (Lipinski definition) is 1. The van der Waals surface area contributed by atoms with E-state index in [1.54, 1.807) is 0 Å². The van der Waals surface area contributed by atoms with Crippen LogP contribution in [0.4, 0.5) is 0 Å². The highest BCUT2D eigenvalue weighted by Crippen LogP contribution is 2.18. The van der Waals surface area contributed by atoms with Gasteiger partial charge in [0.2, 0.25) is 0 Å². The Bertz CT molecular complexity index is 519. The lowest BCUT2D eigenvalue weighted by Gasteiger charge is -2.20. The lowest BCUT2D eigenvalue weighted by molar-refractivity contribution is 0.413. The van der Waals surface area contributed by atoms with Gasteiger partial charge in [-0.1, -0.05) is 6.92 Å². The molecule has 0 aliphatic carbocycles. The van der Waals surface area contributed by atoms with Crippen LogP contribution in [0.3, 0.4) is 0 Å². The maximum absolute atomic E-state index is 4.45. The van der Waals surface area contributed by atoms with Crippen LogP contribution in [0.1, 0.15) is 43.3 Å². The van der Waals surface area contributed by atoms with Crippen molar-refractivity contribution in [2.75, 3.05) is 0 Å². The molecular formula is C15H23N3S. The highest BCUT2D eigenvalue weighted by Gasteiger charge is 2.11. The molecule has 0 saturated carbocycles. The first-order valence-electron chi connectivity index (χ1n) is 6.80. The van der Waals surface area contributed by atoms with Gasteiger partial charge < -0.3 is 9.88 Å². The summed E-state index contributed by atoms with van der Waals surface area (Å²) in [6.07, 6.45) is 5.06. The fraction of sp³-hybridized carbons (Fsp3) is 0.533. The summed E-state index contributed by atoms with van der Waals surface area (Å²) in [5, 5.41) is 3.49. The second-order valence-electron chi connectivity index (χ2n) is 5.80. The Morgan fingerprint density at radius 1 is 1.26 bits per heavy atom. The van der Waals surface area contributed by atoms with Crippen molar-refractivity contribution in [3.8, 4) is 0 Å². The molecule has 0 unspecified atom stereocenters. The van der Waals surface area contributed by atoms with Crippen LogP contribution in [0, 0.1) is 0 Å². The Labute approximate surface area is 119 Å². The molecule has 0 radical (unpaired) electrons. The summed E-state index contributed by atoms with van der Waals surface area (Å²) in [5.41, 5.74) is 0.120. The minimum Gasteiger partial charge on any atom is -0.329 e. The highest BCUT2D eigenvalue weighted by atomic mass is 32.1. The minimum absolute atomic E-state index is 0.120. The molecule has 0 amide bonds. The van der Waals surface area contributed by atoms with Crippen molar-refractivity contribution in [2.24, 2.45) is 0 Å². The molecular weight excluding hydrogens is 254 g/mol. The maximum atomic E-state index is 4.45. The van der Waals surface area contributed by atoms with E-state index in [9.17, 15) is 0 Å². The lowest BCUT2D eigenvalue weighted by Crippen LogP contribution is -2.35. The number of hydrogen-bond acceptors (Lipinski definition) is 3. The van der Waals surface area contributed by atoms with E-state index >= 15 is 0 Å². The molecule has 2 aromatic rings. The quantitative estimate of drug-likeness (QED) is 0.907. The normalized spacial score (nSPS) is 12.0. The molecule has 2 aromatic heterocycles. The van der Waals surface area contributed by atoms with E-state index in [0.29, 0.717) is 0 Å². The number of nitrogens with one attached hydrogen (secondary N) is 1. The highest BCUT2D eigenvalue weighted by molar-refractivity contribution is 7.11. The number of rotatable bonds is 5. The summed E-state index contributed by atoms with van der Waals surface area (Å²) in [6, 6.07) is 4.45. The van der Waals surface area contributed by atoms with Crippen molar-refractivity contribution in [3.05, 3.63) is 40.1 Å². The molecule has 104 valence electrons. The van der Waals surface area contributed by atoms with Gasteiger partial charge in [0.15, 0.2) is 0 Å². The number of thiophene rings is 1. The molecule has 1 N–H and O–H groups in total. The van der Waals surface area contributed by atoms with Crippen molar-refractivity contribution in [2.45, 2.75) is 52.7 Å². The summed E-state index contributed by atoms with van der Waals surface area (Å²) >= 11 is 1.89. The predicted octanol–water partition coefficient (Wildman–Crippen LogP) is 3.44. The Kier molecular flexibility index (Phi) is 4.42. The smallest absolute Gasteiger partial charge is 0.122 e. The molecule has 4 heteroatoms. The van der Waals surface area contributed by atoms with Gasteiger partial charge in [-0.05, 0) is 39.3 Å². The van der Waals surface area contributed by atoms with Crippen molar-refractivity contribution in [1.29, 1.82) is 0 Å². The molecule has 2 rings (SSSR count). The molecule has 0 fully saturated rings. The first-order valence-corrected chi connectivity index (χ1v) is 7.62. The first kappa shape index (κ1) is 14.3. The molecule has 0 aliphatic heterocycles. The Morgan fingerprint density at radius 3 is 2.63 bits per heavy atom. The Balaban J connectivity index is 2.03. The lowest BCUT2D eigenvalue weighted by atomic mass is 10.1. The van der Waals surface area contributed by atoms with E-state index < -0.39 is 0 Å². The van der Waals surface area contributed by atoms with Gasteiger partial charge in [-0.15, -0.1) is 11.3 Å². The monoisotopic (exact) mass is 277 g/mol. The van der Waals surface area contributed by atoms with Gasteiger partial charge in [0, 0.05) is 27.7 Å². The van der Waals surface area contributed by atoms with Gasteiger partial charge in [0.05, 0.1) is 13.1 Å². The fourth-order valence-electron chi connectivity index (χ4n) is 1.86. The Hall–Kier alpha value is -1.13. The van der Waals surface area contributed by atoms with Crippen molar-refractivity contribution in [3.63, 3.8) is 0 Å². The molecule has 0 bridgehead atoms. The van der Waals surface area contributed by atoms with Gasteiger partial charge in [-0.25, -0.2) is 4.98 Å². The van der Waals surface area contributed by atoms with Gasteiger partial charge in [0.1, 0.15) is 5.82 Å². The molecule has 0 spiro atoms. The van der Waals surface area contributed by atoms with E-state index in [1.165, 1.54) is 9.75 Å². The van der Waals surface area contributed by atoms with Crippen LogP contribution in [-0.2, 0) is 19.5 Å². The number of nitrogens with zero attached hydrogens (tertiary/aromatic N) is 2. The summed E-state index contributed by atoms with van der Waals surface area (Å²) in [7, 11) is 0. The summed E-state index contributed by atoms with van der Waals surface area (Å²) in [5.74, 6) is 1.10. The van der Waals surface area contributed by atoms with E-state index in [-0.39, 0.29) is 5.54 Å². The van der Waals surface area contributed by atoms with Crippen LogP contribution >= 0.6 is 11.3 Å². The van der Waals surface area contributed by atoms with Crippen LogP contribution in [-0.4, -0.2) is 15.1 Å². The standard InChI is InChI=1S/C15H23N3S/c1-5-12-6-7-13(19-12)11-18-9-8-16-14(18)10-17-15(2,3)4/h6-9,17H,5,10-11H2,1-4H3. The van der Waals surface area contributed by atoms with Crippen LogP contribution < -0.4 is 5.32 Å². The number of aromatic nitrogens is 2. The van der Waals surface area contributed by atoms with E-state index in [2.05, 4.69) is 60.9 Å². The van der Waals surface area contributed by atoms with Gasteiger partial charge in [-0.3, -0.25) is 0 Å². The zero-order valence-corrected chi connectivity index (χ0v) is 13.0. The van der Waals surface area contributed by atoms with Crippen LogP contribution in [0.15, 0.2) is 24.5 Å². The Morgan fingerprint density at radius 2 is 2.00 bits per heavy atom. The van der Waals surface area contributed by atoms with E-state index in [1.807, 2.05) is 17.5 Å². The van der Waals surface area contributed by atoms with Gasteiger partial charge in [-0.2, -0.15) is 0 Å². The number of aryl methyl sites for hydroxylation is 1. The summed E-state index contributed by atoms with van der Waals surface area (Å²) in [4.78, 5) is 7.29. The summed E-state index contributed by atoms with van der Waals surface area (Å²) < 4.78 is 2.23. The largest absolute Gasteiger partial charge is 0.329 e. The van der Waals surface area contributed by atoms with Crippen LogP contribution in [0.25, 0.3) is 0 Å². The van der Waals surface area contributed by atoms with E-state index in [4.69, 9.17) is 0 Å². The third-order valence-corrected chi connectivity index (χ3v) is 4.18. The number of imidazole rings is 1. The second kappa shape index (κ2) is 5.88. The van der Waals surface area contributed by atoms with Crippen molar-refractivity contribution >= 4 is 11.3 Å². The zero-order chi connectivity index (χ0) is 13.9.